The molecule has 100 valence electrons. The maximum absolute atomic E-state index is 13.2. The topological polar surface area (TPSA) is 15.3 Å². The van der Waals surface area contributed by atoms with Crippen molar-refractivity contribution in [2.45, 2.75) is 19.9 Å². The first-order valence-electron chi connectivity index (χ1n) is 6.12. The Morgan fingerprint density at radius 1 is 1.33 bits per heavy atom. The van der Waals surface area contributed by atoms with Gasteiger partial charge in [0.1, 0.15) is 5.82 Å². The minimum Gasteiger partial charge on any atom is -0.366 e. The quantitative estimate of drug-likeness (QED) is 0.896. The molecule has 0 saturated carbocycles. The number of halogens is 3. The highest BCUT2D eigenvalue weighted by molar-refractivity contribution is 6.39. The Hall–Kier alpha value is -0.510. The Kier molecular flexibility index (Phi) is 4.36. The molecule has 0 radical (unpaired) electrons. The van der Waals surface area contributed by atoms with Crippen LogP contribution in [0.2, 0.25) is 10.0 Å². The van der Waals surface area contributed by atoms with Gasteiger partial charge in [-0.3, -0.25) is 0 Å². The molecular formula is C13H17Cl2FN2. The van der Waals surface area contributed by atoms with Crippen LogP contribution in [0.5, 0.6) is 0 Å². The number of nitrogens with one attached hydrogen (secondary N) is 1. The fourth-order valence-corrected chi connectivity index (χ4v) is 2.96. The molecule has 18 heavy (non-hydrogen) atoms. The average molecular weight is 291 g/mol. The van der Waals surface area contributed by atoms with Gasteiger partial charge in [-0.15, -0.1) is 0 Å². The van der Waals surface area contributed by atoms with Crippen LogP contribution in [0.4, 0.5) is 10.1 Å². The Morgan fingerprint density at radius 2 is 1.94 bits per heavy atom. The van der Waals surface area contributed by atoms with Crippen molar-refractivity contribution in [3.05, 3.63) is 28.0 Å². The molecule has 2 rings (SSSR count). The van der Waals surface area contributed by atoms with Crippen LogP contribution in [0.1, 0.15) is 13.8 Å². The standard InChI is InChI=1S/C13H17Cl2FN2/c1-8(2)12-7-18(4-3-17-12)13-10(14)5-9(16)6-11(13)15/h5-6,8,12,17H,3-4,7H2,1-2H3. The van der Waals surface area contributed by atoms with Gasteiger partial charge in [-0.25, -0.2) is 4.39 Å². The number of hydrogen-bond donors (Lipinski definition) is 1. The Balaban J connectivity index is 2.26. The van der Waals surface area contributed by atoms with E-state index in [-0.39, 0.29) is 0 Å². The highest BCUT2D eigenvalue weighted by atomic mass is 35.5. The summed E-state index contributed by atoms with van der Waals surface area (Å²) in [5, 5.41) is 4.22. The Labute approximate surface area is 117 Å². The highest BCUT2D eigenvalue weighted by Crippen LogP contribution is 2.35. The Morgan fingerprint density at radius 3 is 2.50 bits per heavy atom. The van der Waals surface area contributed by atoms with Crippen molar-refractivity contribution in [1.82, 2.24) is 5.32 Å². The second-order valence-electron chi connectivity index (χ2n) is 4.97. The molecule has 1 heterocycles. The van der Waals surface area contributed by atoms with Crippen molar-refractivity contribution < 1.29 is 4.39 Å². The maximum atomic E-state index is 13.2. The van der Waals surface area contributed by atoms with E-state index in [0.717, 1.165) is 25.3 Å². The SMILES string of the molecule is CC(C)C1CN(c2c(Cl)cc(F)cc2Cl)CCN1. The molecule has 0 aromatic heterocycles. The van der Waals surface area contributed by atoms with Crippen LogP contribution < -0.4 is 10.2 Å². The molecule has 0 aliphatic carbocycles. The fourth-order valence-electron chi connectivity index (χ4n) is 2.26. The van der Waals surface area contributed by atoms with Crippen molar-refractivity contribution in [3.8, 4) is 0 Å². The van der Waals surface area contributed by atoms with Gasteiger partial charge in [0.15, 0.2) is 0 Å². The van der Waals surface area contributed by atoms with Gasteiger partial charge in [-0.2, -0.15) is 0 Å². The van der Waals surface area contributed by atoms with Gasteiger partial charge in [0.2, 0.25) is 0 Å². The van der Waals surface area contributed by atoms with E-state index < -0.39 is 5.82 Å². The molecule has 0 bridgehead atoms. The van der Waals surface area contributed by atoms with Crippen LogP contribution in [0.15, 0.2) is 12.1 Å². The summed E-state index contributed by atoms with van der Waals surface area (Å²) >= 11 is 12.2. The number of nitrogens with zero attached hydrogens (tertiary/aromatic N) is 1. The second-order valence-corrected chi connectivity index (χ2v) is 5.78. The minimum atomic E-state index is -0.399. The lowest BCUT2D eigenvalue weighted by Crippen LogP contribution is -2.53. The lowest BCUT2D eigenvalue weighted by molar-refractivity contribution is 0.368. The van der Waals surface area contributed by atoms with E-state index >= 15 is 0 Å². The van der Waals surface area contributed by atoms with Crippen LogP contribution in [-0.2, 0) is 0 Å². The van der Waals surface area contributed by atoms with Crippen LogP contribution >= 0.6 is 23.2 Å². The number of piperazine rings is 1. The average Bonchev–Trinajstić information content (AvgIpc) is 2.28. The van der Waals surface area contributed by atoms with Gasteiger partial charge >= 0.3 is 0 Å². The molecule has 5 heteroatoms. The third kappa shape index (κ3) is 2.90. The zero-order valence-corrected chi connectivity index (χ0v) is 12.0. The van der Waals surface area contributed by atoms with Gasteiger partial charge in [0.05, 0.1) is 15.7 Å². The summed E-state index contributed by atoms with van der Waals surface area (Å²) in [6.07, 6.45) is 0. The van der Waals surface area contributed by atoms with Crippen LogP contribution in [0, 0.1) is 11.7 Å². The van der Waals surface area contributed by atoms with Gasteiger partial charge in [0.25, 0.3) is 0 Å². The van der Waals surface area contributed by atoms with Crippen molar-refractivity contribution in [1.29, 1.82) is 0 Å². The summed E-state index contributed by atoms with van der Waals surface area (Å²) < 4.78 is 13.2. The third-order valence-electron chi connectivity index (χ3n) is 3.31. The first-order valence-corrected chi connectivity index (χ1v) is 6.87. The molecule has 1 aliphatic rings. The van der Waals surface area contributed by atoms with E-state index in [1.54, 1.807) is 0 Å². The lowest BCUT2D eigenvalue weighted by atomic mass is 10.0. The van der Waals surface area contributed by atoms with Gasteiger partial charge in [-0.05, 0) is 18.1 Å². The largest absolute Gasteiger partial charge is 0.366 e. The smallest absolute Gasteiger partial charge is 0.126 e. The van der Waals surface area contributed by atoms with Crippen molar-refractivity contribution in [2.24, 2.45) is 5.92 Å². The number of benzene rings is 1. The number of anilines is 1. The molecule has 0 spiro atoms. The molecule has 1 aliphatic heterocycles. The predicted molar refractivity (Wildman–Crippen MR) is 75.3 cm³/mol. The van der Waals surface area contributed by atoms with E-state index in [1.807, 2.05) is 0 Å². The molecule has 1 aromatic rings. The fraction of sp³-hybridized carbons (Fsp3) is 0.538. The van der Waals surface area contributed by atoms with E-state index in [4.69, 9.17) is 23.2 Å². The van der Waals surface area contributed by atoms with Gasteiger partial charge < -0.3 is 10.2 Å². The van der Waals surface area contributed by atoms with E-state index in [0.29, 0.717) is 22.0 Å². The zero-order chi connectivity index (χ0) is 13.3. The summed E-state index contributed by atoms with van der Waals surface area (Å²) in [5.41, 5.74) is 0.742. The van der Waals surface area contributed by atoms with Gasteiger partial charge in [0, 0.05) is 25.7 Å². The maximum Gasteiger partial charge on any atom is 0.126 e. The van der Waals surface area contributed by atoms with Crippen LogP contribution in [0.25, 0.3) is 0 Å². The van der Waals surface area contributed by atoms with E-state index in [1.165, 1.54) is 12.1 Å². The summed E-state index contributed by atoms with van der Waals surface area (Å²) in [6.45, 7) is 6.90. The molecule has 1 N–H and O–H groups in total. The monoisotopic (exact) mass is 290 g/mol. The summed E-state index contributed by atoms with van der Waals surface area (Å²) in [6, 6.07) is 3.03. The molecule has 1 fully saturated rings. The minimum absolute atomic E-state index is 0.379. The molecule has 0 amide bonds. The first-order chi connectivity index (χ1) is 8.49. The molecule has 1 saturated heterocycles. The van der Waals surface area contributed by atoms with Gasteiger partial charge in [-0.1, -0.05) is 37.0 Å². The predicted octanol–water partition coefficient (Wildman–Crippen LogP) is 3.57. The van der Waals surface area contributed by atoms with Crippen molar-refractivity contribution in [2.75, 3.05) is 24.5 Å². The Bertz CT molecular complexity index is 414. The lowest BCUT2D eigenvalue weighted by Gasteiger charge is -2.38. The highest BCUT2D eigenvalue weighted by Gasteiger charge is 2.25. The van der Waals surface area contributed by atoms with E-state index in [9.17, 15) is 4.39 Å². The normalized spacial score (nSPS) is 20.6. The first kappa shape index (κ1) is 13.9. The second kappa shape index (κ2) is 5.64. The summed E-state index contributed by atoms with van der Waals surface area (Å²) in [4.78, 5) is 2.13. The van der Waals surface area contributed by atoms with Crippen molar-refractivity contribution in [3.63, 3.8) is 0 Å². The molecule has 1 atom stereocenters. The molecule has 1 aromatic carbocycles. The molecule has 2 nitrogen and oxygen atoms in total. The van der Waals surface area contributed by atoms with Crippen molar-refractivity contribution >= 4 is 28.9 Å². The van der Waals surface area contributed by atoms with Crippen LogP contribution in [-0.4, -0.2) is 25.7 Å². The molecular weight excluding hydrogens is 274 g/mol. The summed E-state index contributed by atoms with van der Waals surface area (Å²) in [7, 11) is 0. The number of rotatable bonds is 2. The van der Waals surface area contributed by atoms with Crippen LogP contribution in [0.3, 0.4) is 0 Å². The zero-order valence-electron chi connectivity index (χ0n) is 10.5. The third-order valence-corrected chi connectivity index (χ3v) is 3.88. The summed E-state index contributed by atoms with van der Waals surface area (Å²) in [5.74, 6) is 0.134. The molecule has 1 unspecified atom stereocenters. The number of hydrogen-bond acceptors (Lipinski definition) is 2. The van der Waals surface area contributed by atoms with E-state index in [2.05, 4.69) is 24.1 Å².